The Kier molecular flexibility index (Phi) is 8.73. The Balaban J connectivity index is 1.23. The fraction of sp³-hybridized carbons (Fsp3) is 0.481. The summed E-state index contributed by atoms with van der Waals surface area (Å²) in [5, 5.41) is -0.261. The Labute approximate surface area is 277 Å². The number of halogens is 3. The second-order valence-corrected chi connectivity index (χ2v) is 16.8. The van der Waals surface area contributed by atoms with E-state index in [1.807, 2.05) is 6.07 Å². The fourth-order valence-electron chi connectivity index (χ4n) is 6.48. The van der Waals surface area contributed by atoms with Gasteiger partial charge < -0.3 is 14.2 Å². The SMILES string of the molecule is O=C(OC1C2OCC3C2SC1C3C(=O)Oc1ccc(S(=O)(=O)O)c(C2CCCCC2)c1)c1cc(I)cc(I)c1I. The van der Waals surface area contributed by atoms with Crippen molar-refractivity contribution < 1.29 is 36.8 Å². The van der Waals surface area contributed by atoms with E-state index in [9.17, 15) is 22.6 Å². The van der Waals surface area contributed by atoms with Gasteiger partial charge in [-0.3, -0.25) is 9.35 Å². The van der Waals surface area contributed by atoms with Crippen molar-refractivity contribution in [3.8, 4) is 5.75 Å². The molecule has 0 amide bonds. The van der Waals surface area contributed by atoms with Crippen LogP contribution in [0.15, 0.2) is 35.2 Å². The summed E-state index contributed by atoms with van der Waals surface area (Å²) in [7, 11) is -4.42. The molecule has 0 spiro atoms. The molecule has 1 aliphatic carbocycles. The van der Waals surface area contributed by atoms with Crippen molar-refractivity contribution in [1.29, 1.82) is 0 Å². The molecule has 8 nitrogen and oxygen atoms in total. The molecule has 214 valence electrons. The van der Waals surface area contributed by atoms with Gasteiger partial charge in [-0.05, 0) is 122 Å². The lowest BCUT2D eigenvalue weighted by atomic mass is 9.79. The number of hydrogen-bond acceptors (Lipinski definition) is 8. The molecule has 0 radical (unpaired) electrons. The average molecular weight is 922 g/mol. The molecule has 4 fully saturated rings. The summed E-state index contributed by atoms with van der Waals surface area (Å²) >= 11 is 8.14. The van der Waals surface area contributed by atoms with Gasteiger partial charge in [0.15, 0.2) is 0 Å². The predicted octanol–water partition coefficient (Wildman–Crippen LogP) is 6.05. The molecule has 6 atom stereocenters. The lowest BCUT2D eigenvalue weighted by Crippen LogP contribution is -2.48. The van der Waals surface area contributed by atoms with Gasteiger partial charge in [-0.2, -0.15) is 8.42 Å². The number of carbonyl (C=O) groups is 2. The van der Waals surface area contributed by atoms with Crippen LogP contribution in [0.4, 0.5) is 0 Å². The minimum atomic E-state index is -4.42. The highest BCUT2D eigenvalue weighted by molar-refractivity contribution is 14.1. The van der Waals surface area contributed by atoms with E-state index in [-0.39, 0.29) is 39.1 Å². The summed E-state index contributed by atoms with van der Waals surface area (Å²) in [6.07, 6.45) is 3.83. The van der Waals surface area contributed by atoms with Crippen molar-refractivity contribution in [2.24, 2.45) is 11.8 Å². The lowest BCUT2D eigenvalue weighted by molar-refractivity contribution is -0.141. The molecule has 6 unspecified atom stereocenters. The Bertz CT molecular complexity index is 1480. The van der Waals surface area contributed by atoms with Gasteiger partial charge in [0.25, 0.3) is 10.1 Å². The van der Waals surface area contributed by atoms with Crippen molar-refractivity contribution in [2.45, 2.75) is 65.6 Å². The second-order valence-electron chi connectivity index (χ2n) is 10.6. The van der Waals surface area contributed by atoms with Gasteiger partial charge in [0.2, 0.25) is 0 Å². The number of rotatable bonds is 6. The molecule has 0 aromatic heterocycles. The monoisotopic (exact) mass is 922 g/mol. The molecule has 13 heteroatoms. The van der Waals surface area contributed by atoms with Crippen LogP contribution in [0.5, 0.6) is 5.75 Å². The van der Waals surface area contributed by atoms with Gasteiger partial charge in [-0.15, -0.1) is 11.8 Å². The van der Waals surface area contributed by atoms with Gasteiger partial charge in [-0.1, -0.05) is 19.3 Å². The first-order chi connectivity index (χ1) is 19.0. The van der Waals surface area contributed by atoms with E-state index in [1.54, 1.807) is 23.9 Å². The highest BCUT2D eigenvalue weighted by Crippen LogP contribution is 2.59. The average Bonchev–Trinajstić information content (AvgIpc) is 3.55. The van der Waals surface area contributed by atoms with E-state index in [0.717, 1.165) is 42.8 Å². The third kappa shape index (κ3) is 5.57. The van der Waals surface area contributed by atoms with Crippen LogP contribution in [0.25, 0.3) is 0 Å². The number of ether oxygens (including phenoxy) is 3. The minimum Gasteiger partial charge on any atom is -0.455 e. The summed E-state index contributed by atoms with van der Waals surface area (Å²) in [4.78, 5) is 26.7. The van der Waals surface area contributed by atoms with Gasteiger partial charge in [0.05, 0.1) is 28.2 Å². The van der Waals surface area contributed by atoms with Crippen LogP contribution in [0.1, 0.15) is 53.9 Å². The quantitative estimate of drug-likeness (QED) is 0.122. The highest BCUT2D eigenvalue weighted by Gasteiger charge is 2.67. The van der Waals surface area contributed by atoms with Crippen molar-refractivity contribution in [1.82, 2.24) is 0 Å². The summed E-state index contributed by atoms with van der Waals surface area (Å²) in [5.41, 5.74) is 0.986. The summed E-state index contributed by atoms with van der Waals surface area (Å²) in [5.74, 6) is -1.23. The molecular formula is C27H25I3O8S2. The summed E-state index contributed by atoms with van der Waals surface area (Å²) in [6.45, 7) is 0.389. The Morgan fingerprint density at radius 1 is 1.02 bits per heavy atom. The molecule has 2 aromatic rings. The first-order valence-corrected chi connectivity index (χ1v) is 18.6. The zero-order valence-electron chi connectivity index (χ0n) is 20.9. The molecule has 3 heterocycles. The summed E-state index contributed by atoms with van der Waals surface area (Å²) in [6, 6.07) is 8.12. The third-order valence-corrected chi connectivity index (χ3v) is 14.7. The van der Waals surface area contributed by atoms with Crippen LogP contribution in [-0.4, -0.2) is 54.2 Å². The van der Waals surface area contributed by atoms with Crippen molar-refractivity contribution >= 4 is 102 Å². The van der Waals surface area contributed by atoms with Crippen LogP contribution >= 0.6 is 79.5 Å². The molecule has 6 rings (SSSR count). The van der Waals surface area contributed by atoms with Gasteiger partial charge in [-0.25, -0.2) is 4.79 Å². The summed E-state index contributed by atoms with van der Waals surface area (Å²) < 4.78 is 54.6. The maximum atomic E-state index is 13.6. The van der Waals surface area contributed by atoms with Gasteiger partial charge in [0, 0.05) is 21.9 Å². The molecule has 3 aliphatic heterocycles. The van der Waals surface area contributed by atoms with Gasteiger partial charge in [0.1, 0.15) is 18.0 Å². The third-order valence-electron chi connectivity index (χ3n) is 8.25. The Morgan fingerprint density at radius 3 is 2.50 bits per heavy atom. The number of carbonyl (C=O) groups excluding carboxylic acids is 2. The van der Waals surface area contributed by atoms with E-state index >= 15 is 0 Å². The van der Waals surface area contributed by atoms with E-state index < -0.39 is 34.1 Å². The molecule has 40 heavy (non-hydrogen) atoms. The number of thioether (sulfide) groups is 1. The van der Waals surface area contributed by atoms with Crippen LogP contribution in [-0.2, 0) is 24.4 Å². The van der Waals surface area contributed by atoms with Gasteiger partial charge >= 0.3 is 11.9 Å². The van der Waals surface area contributed by atoms with Crippen molar-refractivity contribution in [3.05, 3.63) is 52.2 Å². The van der Waals surface area contributed by atoms with E-state index in [4.69, 9.17) is 14.2 Å². The van der Waals surface area contributed by atoms with Crippen LogP contribution in [0.3, 0.4) is 0 Å². The number of benzene rings is 2. The molecule has 3 saturated heterocycles. The smallest absolute Gasteiger partial charge is 0.339 e. The van der Waals surface area contributed by atoms with E-state index in [1.165, 1.54) is 12.1 Å². The lowest BCUT2D eigenvalue weighted by Gasteiger charge is -2.30. The maximum absolute atomic E-state index is 13.6. The minimum absolute atomic E-state index is 0.0259. The highest BCUT2D eigenvalue weighted by atomic mass is 127. The molecule has 1 saturated carbocycles. The van der Waals surface area contributed by atoms with Crippen LogP contribution < -0.4 is 4.74 Å². The topological polar surface area (TPSA) is 116 Å². The normalized spacial score (nSPS) is 29.5. The zero-order chi connectivity index (χ0) is 28.3. The number of esters is 2. The fourth-order valence-corrected chi connectivity index (χ4v) is 11.7. The van der Waals surface area contributed by atoms with E-state index in [2.05, 4.69) is 67.8 Å². The van der Waals surface area contributed by atoms with Crippen LogP contribution in [0.2, 0.25) is 0 Å². The standard InChI is InChI=1S/C27H25I3O8S2/c28-13-8-16(21(30)18(29)9-13)26(31)38-23-22-24-17(11-36-22)20(25(23)39-24)27(32)37-14-6-7-19(40(33,34)35)15(10-14)12-4-2-1-3-5-12/h6-10,12,17,20,22-25H,1-5,11H2,(H,33,34,35). The zero-order valence-corrected chi connectivity index (χ0v) is 29.0. The number of fused-ring (bicyclic) bond motifs is 1. The first-order valence-electron chi connectivity index (χ1n) is 13.0. The predicted molar refractivity (Wildman–Crippen MR) is 173 cm³/mol. The molecule has 4 aliphatic rings. The largest absolute Gasteiger partial charge is 0.455 e. The van der Waals surface area contributed by atoms with E-state index in [0.29, 0.717) is 17.7 Å². The van der Waals surface area contributed by atoms with Crippen molar-refractivity contribution in [3.63, 3.8) is 0 Å². The number of hydrogen-bond donors (Lipinski definition) is 1. The van der Waals surface area contributed by atoms with Crippen LogP contribution in [0, 0.1) is 22.5 Å². The maximum Gasteiger partial charge on any atom is 0.339 e. The molecule has 1 N–H and O–H groups in total. The Morgan fingerprint density at radius 2 is 1.77 bits per heavy atom. The molecule has 2 aromatic carbocycles. The molecular weight excluding hydrogens is 897 g/mol. The van der Waals surface area contributed by atoms with Crippen molar-refractivity contribution in [2.75, 3.05) is 6.61 Å². The Hall–Kier alpha value is -0.210. The second kappa shape index (κ2) is 11.7. The molecule has 2 bridgehead atoms. The first kappa shape index (κ1) is 29.8.